The van der Waals surface area contributed by atoms with Crippen molar-refractivity contribution in [3.8, 4) is 0 Å². The number of aliphatic hydroxyl groups is 2. The number of aliphatic hydroxyl groups excluding tert-OH is 2. The fourth-order valence-electron chi connectivity index (χ4n) is 0.383. The Hall–Kier alpha value is -0.940. The Morgan fingerprint density at radius 3 is 2.14 bits per heavy atom. The van der Waals surface area contributed by atoms with E-state index in [1.807, 2.05) is 0 Å². The minimum atomic E-state index is -1.76. The van der Waals surface area contributed by atoms with Gasteiger partial charge in [-0.2, -0.15) is 0 Å². The van der Waals surface area contributed by atoms with Crippen LogP contribution in [-0.2, 0) is 4.79 Å². The van der Waals surface area contributed by atoms with Crippen LogP contribution in [0.1, 0.15) is 26.7 Å². The zero-order valence-corrected chi connectivity index (χ0v) is 8.40. The van der Waals surface area contributed by atoms with E-state index in [1.165, 1.54) is 0 Å². The molecule has 5 heteroatoms. The van der Waals surface area contributed by atoms with Crippen molar-refractivity contribution >= 4 is 5.97 Å². The highest BCUT2D eigenvalue weighted by molar-refractivity contribution is 5.85. The first-order chi connectivity index (χ1) is 6.45. The molecule has 0 heterocycles. The van der Waals surface area contributed by atoms with E-state index in [0.717, 1.165) is 0 Å². The van der Waals surface area contributed by atoms with Crippen molar-refractivity contribution in [1.29, 1.82) is 0 Å². The molecule has 3 N–H and O–H groups in total. The van der Waals surface area contributed by atoms with Crippen LogP contribution >= 0.6 is 0 Å². The van der Waals surface area contributed by atoms with E-state index >= 15 is 0 Å². The molecule has 0 aromatic carbocycles. The summed E-state index contributed by atoms with van der Waals surface area (Å²) in [6.45, 7) is 3.20. The number of carboxylic acids is 1. The molecule has 0 fully saturated rings. The van der Waals surface area contributed by atoms with Crippen LogP contribution in [0.15, 0.2) is 11.6 Å². The molecule has 0 rings (SSSR count). The summed E-state index contributed by atoms with van der Waals surface area (Å²) in [4.78, 5) is 9.86. The highest BCUT2D eigenvalue weighted by atomic mass is 19.1. The lowest BCUT2D eigenvalue weighted by Gasteiger charge is -1.94. The van der Waals surface area contributed by atoms with Gasteiger partial charge >= 0.3 is 5.97 Å². The number of aliphatic carboxylic acids is 1. The maximum Gasteiger partial charge on any atom is 0.330 e. The SMILES string of the molecule is CC=C(C)C(=O)O.OCCCC(O)F. The topological polar surface area (TPSA) is 77.8 Å². The van der Waals surface area contributed by atoms with Gasteiger partial charge in [0.1, 0.15) is 0 Å². The lowest BCUT2D eigenvalue weighted by atomic mass is 10.3. The number of allylic oxidation sites excluding steroid dienone is 1. The number of rotatable bonds is 4. The van der Waals surface area contributed by atoms with Crippen LogP contribution in [0.5, 0.6) is 0 Å². The highest BCUT2D eigenvalue weighted by Crippen LogP contribution is 1.94. The largest absolute Gasteiger partial charge is 0.478 e. The molecule has 1 unspecified atom stereocenters. The first-order valence-corrected chi connectivity index (χ1v) is 4.24. The Labute approximate surface area is 82.7 Å². The molecule has 0 aromatic rings. The number of hydrogen-bond acceptors (Lipinski definition) is 3. The summed E-state index contributed by atoms with van der Waals surface area (Å²) in [5.41, 5.74) is 0.389. The van der Waals surface area contributed by atoms with Crippen molar-refractivity contribution < 1.29 is 24.5 Å². The van der Waals surface area contributed by atoms with Crippen molar-refractivity contribution in [2.75, 3.05) is 6.61 Å². The van der Waals surface area contributed by atoms with Gasteiger partial charge in [-0.1, -0.05) is 6.08 Å². The van der Waals surface area contributed by atoms with Gasteiger partial charge in [0.25, 0.3) is 0 Å². The van der Waals surface area contributed by atoms with E-state index in [9.17, 15) is 9.18 Å². The summed E-state index contributed by atoms with van der Waals surface area (Å²) in [5, 5.41) is 24.1. The molecule has 0 saturated carbocycles. The van der Waals surface area contributed by atoms with Crippen LogP contribution in [0.2, 0.25) is 0 Å². The molecule has 0 spiro atoms. The van der Waals surface area contributed by atoms with E-state index in [4.69, 9.17) is 15.3 Å². The van der Waals surface area contributed by atoms with Crippen molar-refractivity contribution in [1.82, 2.24) is 0 Å². The molecule has 0 aliphatic heterocycles. The summed E-state index contributed by atoms with van der Waals surface area (Å²) in [5.74, 6) is -0.845. The van der Waals surface area contributed by atoms with E-state index in [2.05, 4.69) is 0 Å². The summed E-state index contributed by atoms with van der Waals surface area (Å²) < 4.78 is 11.3. The standard InChI is InChI=1S/C5H8O2.C4H9FO2/c1-3-4(2)5(6)7;5-4(7)2-1-3-6/h3H,1-2H3,(H,6,7);4,6-7H,1-3H2. The monoisotopic (exact) mass is 208 g/mol. The summed E-state index contributed by atoms with van der Waals surface area (Å²) in [6.07, 6.45) is 0.170. The molecule has 0 aliphatic rings. The minimum Gasteiger partial charge on any atom is -0.478 e. The molecule has 0 aliphatic carbocycles. The Kier molecular flexibility index (Phi) is 11.3. The van der Waals surface area contributed by atoms with Crippen LogP contribution in [0.25, 0.3) is 0 Å². The zero-order valence-electron chi connectivity index (χ0n) is 8.40. The normalized spacial score (nSPS) is 12.8. The quantitative estimate of drug-likeness (QED) is 0.604. The van der Waals surface area contributed by atoms with Crippen molar-refractivity contribution in [3.05, 3.63) is 11.6 Å². The van der Waals surface area contributed by atoms with Gasteiger partial charge in [0.2, 0.25) is 0 Å². The van der Waals surface area contributed by atoms with Gasteiger partial charge in [-0.25, -0.2) is 9.18 Å². The van der Waals surface area contributed by atoms with Gasteiger partial charge in [0.05, 0.1) is 0 Å². The highest BCUT2D eigenvalue weighted by Gasteiger charge is 1.95. The number of carboxylic acid groups (broad SMARTS) is 1. The third kappa shape index (κ3) is 13.6. The van der Waals surface area contributed by atoms with Crippen LogP contribution in [0, 0.1) is 0 Å². The number of alkyl halides is 1. The minimum absolute atomic E-state index is 0.0382. The van der Waals surface area contributed by atoms with Gasteiger partial charge in [-0.3, -0.25) is 0 Å². The first-order valence-electron chi connectivity index (χ1n) is 4.24. The van der Waals surface area contributed by atoms with Crippen LogP contribution in [0.3, 0.4) is 0 Å². The number of hydrogen-bond donors (Lipinski definition) is 3. The van der Waals surface area contributed by atoms with Gasteiger partial charge in [0.15, 0.2) is 6.36 Å². The maximum absolute atomic E-state index is 11.3. The fraction of sp³-hybridized carbons (Fsp3) is 0.667. The first kappa shape index (κ1) is 15.5. The predicted molar refractivity (Wildman–Crippen MR) is 50.5 cm³/mol. The van der Waals surface area contributed by atoms with Crippen LogP contribution in [-0.4, -0.2) is 34.3 Å². The average Bonchev–Trinajstić information content (AvgIpc) is 2.14. The van der Waals surface area contributed by atoms with Gasteiger partial charge in [-0.05, 0) is 20.3 Å². The molecule has 0 aromatic heterocycles. The van der Waals surface area contributed by atoms with E-state index < -0.39 is 12.3 Å². The van der Waals surface area contributed by atoms with E-state index in [-0.39, 0.29) is 13.0 Å². The van der Waals surface area contributed by atoms with Crippen LogP contribution < -0.4 is 0 Å². The molecular formula is C9H17FO4. The lowest BCUT2D eigenvalue weighted by molar-refractivity contribution is -0.132. The number of carbonyl (C=O) groups is 1. The molecule has 0 bridgehead atoms. The van der Waals surface area contributed by atoms with E-state index in [0.29, 0.717) is 12.0 Å². The maximum atomic E-state index is 11.3. The predicted octanol–water partition coefficient (Wildman–Crippen LogP) is 1.08. The molecule has 4 nitrogen and oxygen atoms in total. The smallest absolute Gasteiger partial charge is 0.330 e. The van der Waals surface area contributed by atoms with Crippen molar-refractivity contribution in [2.45, 2.75) is 33.0 Å². The van der Waals surface area contributed by atoms with Gasteiger partial charge in [0, 0.05) is 18.6 Å². The summed E-state index contributed by atoms with van der Waals surface area (Å²) in [7, 11) is 0. The molecule has 0 saturated heterocycles. The summed E-state index contributed by atoms with van der Waals surface area (Å²) >= 11 is 0. The molecule has 0 radical (unpaired) electrons. The Balaban J connectivity index is 0. The summed E-state index contributed by atoms with van der Waals surface area (Å²) in [6, 6.07) is 0. The van der Waals surface area contributed by atoms with Crippen molar-refractivity contribution in [2.24, 2.45) is 0 Å². The average molecular weight is 208 g/mol. The Bertz CT molecular complexity index is 178. The third-order valence-corrected chi connectivity index (χ3v) is 1.37. The Morgan fingerprint density at radius 1 is 1.57 bits per heavy atom. The fourth-order valence-corrected chi connectivity index (χ4v) is 0.383. The zero-order chi connectivity index (χ0) is 11.6. The molecule has 84 valence electrons. The molecule has 1 atom stereocenters. The third-order valence-electron chi connectivity index (χ3n) is 1.37. The van der Waals surface area contributed by atoms with Crippen molar-refractivity contribution in [3.63, 3.8) is 0 Å². The molecule has 0 amide bonds. The van der Waals surface area contributed by atoms with Gasteiger partial charge in [-0.15, -0.1) is 0 Å². The van der Waals surface area contributed by atoms with E-state index in [1.54, 1.807) is 19.9 Å². The molecule has 14 heavy (non-hydrogen) atoms. The second kappa shape index (κ2) is 10.1. The number of halogens is 1. The van der Waals surface area contributed by atoms with Crippen LogP contribution in [0.4, 0.5) is 4.39 Å². The second-order valence-corrected chi connectivity index (χ2v) is 2.58. The second-order valence-electron chi connectivity index (χ2n) is 2.58. The Morgan fingerprint density at radius 2 is 2.07 bits per heavy atom. The molecular weight excluding hydrogens is 191 g/mol. The lowest BCUT2D eigenvalue weighted by Crippen LogP contribution is -1.97. The van der Waals surface area contributed by atoms with Gasteiger partial charge < -0.3 is 15.3 Å².